The molecule has 7 aromatic carbocycles. The minimum absolute atomic E-state index is 0.113. The Morgan fingerprint density at radius 3 is 1.34 bits per heavy atom. The molecule has 0 saturated carbocycles. The van der Waals surface area contributed by atoms with Crippen molar-refractivity contribution in [2.45, 2.75) is 83.5 Å². The van der Waals surface area contributed by atoms with E-state index >= 15 is 0 Å². The van der Waals surface area contributed by atoms with E-state index in [1.54, 1.807) is 0 Å². The molecule has 1 heteroatoms. The monoisotopic (exact) mass is 723 g/mol. The normalized spacial score (nSPS) is 16.9. The Kier molecular flexibility index (Phi) is 7.02. The highest BCUT2D eigenvalue weighted by Crippen LogP contribution is 2.57. The van der Waals surface area contributed by atoms with Gasteiger partial charge >= 0.3 is 0 Å². The summed E-state index contributed by atoms with van der Waals surface area (Å²) in [6.07, 6.45) is 4.89. The lowest BCUT2D eigenvalue weighted by atomic mass is 9.81. The average Bonchev–Trinajstić information content (AvgIpc) is 3.70. The lowest BCUT2D eigenvalue weighted by Crippen LogP contribution is -2.19. The molecule has 0 spiro atoms. The summed E-state index contributed by atoms with van der Waals surface area (Å²) in [6.45, 7) is 14.4. The minimum atomic E-state index is -0.135. The summed E-state index contributed by atoms with van der Waals surface area (Å²) in [5.74, 6) is 0. The maximum atomic E-state index is 2.60. The van der Waals surface area contributed by atoms with Crippen LogP contribution in [0, 0.1) is 0 Å². The van der Waals surface area contributed by atoms with Crippen molar-refractivity contribution in [1.29, 1.82) is 0 Å². The van der Waals surface area contributed by atoms with Gasteiger partial charge in [0.15, 0.2) is 0 Å². The van der Waals surface area contributed by atoms with E-state index in [-0.39, 0.29) is 16.2 Å². The fourth-order valence-electron chi connectivity index (χ4n) is 11.1. The number of rotatable bonds is 4. The summed E-state index contributed by atoms with van der Waals surface area (Å²) < 4.78 is 0. The van der Waals surface area contributed by atoms with Crippen LogP contribution in [0.1, 0.15) is 98.9 Å². The van der Waals surface area contributed by atoms with Gasteiger partial charge in [-0.3, -0.25) is 0 Å². The van der Waals surface area contributed by atoms with Crippen molar-refractivity contribution in [2.24, 2.45) is 0 Å². The molecule has 274 valence electrons. The molecule has 0 radical (unpaired) electrons. The first kappa shape index (κ1) is 33.7. The molecular formula is C55H49N. The van der Waals surface area contributed by atoms with E-state index in [2.05, 4.69) is 186 Å². The van der Waals surface area contributed by atoms with Crippen molar-refractivity contribution >= 4 is 17.1 Å². The molecule has 56 heavy (non-hydrogen) atoms. The number of aryl methyl sites for hydroxylation is 2. The smallest absolute Gasteiger partial charge is 0.0543 e. The van der Waals surface area contributed by atoms with Gasteiger partial charge in [-0.05, 0) is 146 Å². The minimum Gasteiger partial charge on any atom is -0.310 e. The number of hydrogen-bond acceptors (Lipinski definition) is 1. The zero-order chi connectivity index (χ0) is 38.1. The van der Waals surface area contributed by atoms with E-state index in [1.807, 2.05) is 0 Å². The largest absolute Gasteiger partial charge is 0.310 e. The first-order valence-corrected chi connectivity index (χ1v) is 20.7. The van der Waals surface area contributed by atoms with Crippen molar-refractivity contribution in [1.82, 2.24) is 0 Å². The Balaban J connectivity index is 1.20. The van der Waals surface area contributed by atoms with Crippen LogP contribution in [0.15, 0.2) is 140 Å². The summed E-state index contributed by atoms with van der Waals surface area (Å²) in [4.78, 5) is 2.60. The Hall–Kier alpha value is -5.66. The fourth-order valence-corrected chi connectivity index (χ4v) is 11.1. The predicted molar refractivity (Wildman–Crippen MR) is 236 cm³/mol. The maximum absolute atomic E-state index is 2.60. The lowest BCUT2D eigenvalue weighted by Gasteiger charge is -2.33. The fraction of sp³-hybridized carbons (Fsp3) is 0.236. The zero-order valence-electron chi connectivity index (χ0n) is 33.6. The quantitative estimate of drug-likeness (QED) is 0.175. The highest BCUT2D eigenvalue weighted by Gasteiger charge is 2.40. The molecule has 0 amide bonds. The van der Waals surface area contributed by atoms with Crippen LogP contribution < -0.4 is 4.90 Å². The lowest BCUT2D eigenvalue weighted by molar-refractivity contribution is 0.659. The Morgan fingerprint density at radius 1 is 0.357 bits per heavy atom. The first-order chi connectivity index (χ1) is 27.0. The van der Waals surface area contributed by atoms with E-state index in [9.17, 15) is 0 Å². The molecule has 0 aromatic heterocycles. The summed E-state index contributed by atoms with van der Waals surface area (Å²) in [6, 6.07) is 54.1. The highest BCUT2D eigenvalue weighted by molar-refractivity contribution is 5.96. The second-order valence-corrected chi connectivity index (χ2v) is 18.4. The van der Waals surface area contributed by atoms with Gasteiger partial charge in [-0.15, -0.1) is 0 Å². The van der Waals surface area contributed by atoms with Crippen LogP contribution in [0.2, 0.25) is 0 Å². The summed E-state index contributed by atoms with van der Waals surface area (Å²) in [7, 11) is 0. The van der Waals surface area contributed by atoms with Gasteiger partial charge in [0.1, 0.15) is 0 Å². The topological polar surface area (TPSA) is 3.24 Å². The zero-order valence-corrected chi connectivity index (χ0v) is 33.6. The van der Waals surface area contributed by atoms with E-state index < -0.39 is 0 Å². The standard InChI is InChI=1S/C55H49N/c1-53(2)46-20-12-9-17-39(46)42-27-25-37(30-49(42)53)56(38-26-28-43-40-18-10-13-21-47(40)54(3,4)50(43)31-38)52-33-51-45(41-19-11-14-22-48(41)55(51,5)6)32-44(52)36-24-23-34-15-7-8-16-35(34)29-36/h9-14,17-33H,7-8,15-16H2,1-6H3. The predicted octanol–water partition coefficient (Wildman–Crippen LogP) is 14.6. The highest BCUT2D eigenvalue weighted by atomic mass is 15.1. The molecule has 0 fully saturated rings. The third-order valence-corrected chi connectivity index (χ3v) is 14.3. The van der Waals surface area contributed by atoms with Gasteiger partial charge in [-0.1, -0.05) is 145 Å². The van der Waals surface area contributed by atoms with E-state index in [1.165, 1.54) is 125 Å². The van der Waals surface area contributed by atoms with E-state index in [0.717, 1.165) is 6.42 Å². The summed E-state index contributed by atoms with van der Waals surface area (Å²) >= 11 is 0. The molecule has 0 unspecified atom stereocenters. The molecule has 4 aliphatic rings. The van der Waals surface area contributed by atoms with Crippen LogP contribution in [0.5, 0.6) is 0 Å². The second-order valence-electron chi connectivity index (χ2n) is 18.4. The molecule has 11 rings (SSSR count). The molecule has 0 atom stereocenters. The van der Waals surface area contributed by atoms with Crippen molar-refractivity contribution in [3.8, 4) is 44.5 Å². The molecule has 0 aliphatic heterocycles. The summed E-state index contributed by atoms with van der Waals surface area (Å²) in [5.41, 5.74) is 25.4. The Morgan fingerprint density at radius 2 is 0.804 bits per heavy atom. The molecule has 0 heterocycles. The van der Waals surface area contributed by atoms with Crippen LogP contribution in [-0.4, -0.2) is 0 Å². The molecule has 7 aromatic rings. The van der Waals surface area contributed by atoms with Crippen molar-refractivity contribution in [3.05, 3.63) is 184 Å². The summed E-state index contributed by atoms with van der Waals surface area (Å²) in [5, 5.41) is 0. The van der Waals surface area contributed by atoms with Gasteiger partial charge < -0.3 is 4.90 Å². The third kappa shape index (κ3) is 4.61. The van der Waals surface area contributed by atoms with Gasteiger partial charge in [-0.25, -0.2) is 0 Å². The van der Waals surface area contributed by atoms with Crippen LogP contribution in [-0.2, 0) is 29.1 Å². The Bertz CT molecular complexity index is 2680. The number of benzene rings is 7. The molecule has 1 nitrogen and oxygen atoms in total. The van der Waals surface area contributed by atoms with Crippen molar-refractivity contribution in [2.75, 3.05) is 4.90 Å². The number of hydrogen-bond donors (Lipinski definition) is 0. The van der Waals surface area contributed by atoms with Crippen LogP contribution in [0.4, 0.5) is 17.1 Å². The molecule has 0 bridgehead atoms. The van der Waals surface area contributed by atoms with Gasteiger partial charge in [0.25, 0.3) is 0 Å². The van der Waals surface area contributed by atoms with Crippen molar-refractivity contribution < 1.29 is 0 Å². The van der Waals surface area contributed by atoms with Gasteiger partial charge in [0.2, 0.25) is 0 Å². The van der Waals surface area contributed by atoms with Crippen LogP contribution >= 0.6 is 0 Å². The van der Waals surface area contributed by atoms with E-state index in [4.69, 9.17) is 0 Å². The maximum Gasteiger partial charge on any atom is 0.0543 e. The van der Waals surface area contributed by atoms with E-state index in [0.29, 0.717) is 0 Å². The molecular weight excluding hydrogens is 675 g/mol. The average molecular weight is 724 g/mol. The number of anilines is 3. The Labute approximate surface area is 332 Å². The third-order valence-electron chi connectivity index (χ3n) is 14.3. The first-order valence-electron chi connectivity index (χ1n) is 20.7. The van der Waals surface area contributed by atoms with Crippen molar-refractivity contribution in [3.63, 3.8) is 0 Å². The van der Waals surface area contributed by atoms with Crippen LogP contribution in [0.25, 0.3) is 44.5 Å². The molecule has 4 aliphatic carbocycles. The van der Waals surface area contributed by atoms with Crippen LogP contribution in [0.3, 0.4) is 0 Å². The second kappa shape index (κ2) is 11.7. The molecule has 0 saturated heterocycles. The number of nitrogens with zero attached hydrogens (tertiary/aromatic N) is 1. The molecule has 0 N–H and O–H groups in total. The van der Waals surface area contributed by atoms with Gasteiger partial charge in [0, 0.05) is 33.2 Å². The van der Waals surface area contributed by atoms with Gasteiger partial charge in [0.05, 0.1) is 5.69 Å². The number of fused-ring (bicyclic) bond motifs is 10. The SMILES string of the molecule is CC1(C)c2ccccc2-c2ccc(N(c3ccc4c(c3)C(C)(C)c3ccccc3-4)c3cc4c(cc3-c3ccc5c(c3)CCCC5)-c3ccccc3C4(C)C)cc21. The van der Waals surface area contributed by atoms with Gasteiger partial charge in [-0.2, -0.15) is 0 Å².